The first-order chi connectivity index (χ1) is 15.7. The molecule has 0 aliphatic carbocycles. The van der Waals surface area contributed by atoms with Crippen LogP contribution in [0.5, 0.6) is 17.4 Å². The van der Waals surface area contributed by atoms with Crippen LogP contribution in [0.25, 0.3) is 0 Å². The Hall–Kier alpha value is -3.04. The van der Waals surface area contributed by atoms with Crippen molar-refractivity contribution in [2.45, 2.75) is 12.6 Å². The predicted molar refractivity (Wildman–Crippen MR) is 124 cm³/mol. The van der Waals surface area contributed by atoms with Gasteiger partial charge < -0.3 is 29.6 Å². The van der Waals surface area contributed by atoms with Gasteiger partial charge in [0.2, 0.25) is 5.88 Å². The zero-order valence-electron chi connectivity index (χ0n) is 19.3. The van der Waals surface area contributed by atoms with E-state index in [4.69, 9.17) is 18.9 Å². The Balaban J connectivity index is 1.69. The molecule has 1 aliphatic rings. The molecule has 0 spiro atoms. The van der Waals surface area contributed by atoms with Gasteiger partial charge in [0.15, 0.2) is 17.5 Å². The highest BCUT2D eigenvalue weighted by Crippen LogP contribution is 2.32. The molecule has 0 bridgehead atoms. The number of aromatic nitrogens is 1. The second-order valence-corrected chi connectivity index (χ2v) is 7.26. The van der Waals surface area contributed by atoms with E-state index in [0.29, 0.717) is 30.7 Å². The SMILES string of the molecule is CN=C(NCc1cccc(OC)n1)NCC(c1ccc(OC)c(OC)c1)N1CCOCC1. The van der Waals surface area contributed by atoms with Gasteiger partial charge in [0.1, 0.15) is 0 Å². The van der Waals surface area contributed by atoms with E-state index in [-0.39, 0.29) is 6.04 Å². The normalized spacial score (nSPS) is 15.7. The van der Waals surface area contributed by atoms with Gasteiger partial charge in [0.05, 0.1) is 52.8 Å². The van der Waals surface area contributed by atoms with Crippen LogP contribution in [-0.4, -0.2) is 77.1 Å². The Bertz CT molecular complexity index is 886. The van der Waals surface area contributed by atoms with Gasteiger partial charge >= 0.3 is 0 Å². The summed E-state index contributed by atoms with van der Waals surface area (Å²) in [5.74, 6) is 2.73. The quantitative estimate of drug-likeness (QED) is 0.448. The largest absolute Gasteiger partial charge is 0.493 e. The number of guanidine groups is 1. The first-order valence-corrected chi connectivity index (χ1v) is 10.7. The summed E-state index contributed by atoms with van der Waals surface area (Å²) in [5.41, 5.74) is 2.01. The highest BCUT2D eigenvalue weighted by atomic mass is 16.5. The van der Waals surface area contributed by atoms with Gasteiger partial charge in [-0.15, -0.1) is 0 Å². The van der Waals surface area contributed by atoms with Crippen molar-refractivity contribution in [2.75, 3.05) is 61.2 Å². The fourth-order valence-electron chi connectivity index (χ4n) is 3.66. The van der Waals surface area contributed by atoms with E-state index in [0.717, 1.165) is 43.3 Å². The molecule has 0 amide bonds. The Labute approximate surface area is 189 Å². The van der Waals surface area contributed by atoms with E-state index in [1.807, 2.05) is 30.3 Å². The molecule has 9 heteroatoms. The van der Waals surface area contributed by atoms with Crippen LogP contribution in [0, 0.1) is 0 Å². The van der Waals surface area contributed by atoms with Gasteiger partial charge in [0.25, 0.3) is 0 Å². The van der Waals surface area contributed by atoms with E-state index in [9.17, 15) is 0 Å². The van der Waals surface area contributed by atoms with Crippen molar-refractivity contribution < 1.29 is 18.9 Å². The molecule has 1 unspecified atom stereocenters. The molecule has 3 rings (SSSR count). The molecule has 0 radical (unpaired) electrons. The lowest BCUT2D eigenvalue weighted by Crippen LogP contribution is -2.46. The van der Waals surface area contributed by atoms with E-state index in [1.54, 1.807) is 28.4 Å². The third kappa shape index (κ3) is 6.24. The number of aliphatic imine (C=N–C) groups is 1. The van der Waals surface area contributed by atoms with Gasteiger partial charge in [0, 0.05) is 32.7 Å². The summed E-state index contributed by atoms with van der Waals surface area (Å²) >= 11 is 0. The zero-order valence-corrected chi connectivity index (χ0v) is 19.3. The van der Waals surface area contributed by atoms with Crippen LogP contribution in [0.4, 0.5) is 0 Å². The molecule has 1 aromatic heterocycles. The van der Waals surface area contributed by atoms with Crippen molar-refractivity contribution in [2.24, 2.45) is 4.99 Å². The Morgan fingerprint density at radius 1 is 1.06 bits per heavy atom. The Morgan fingerprint density at radius 2 is 1.84 bits per heavy atom. The molecule has 1 aromatic carbocycles. The number of benzene rings is 1. The first kappa shape index (κ1) is 23.6. The van der Waals surface area contributed by atoms with Gasteiger partial charge in [-0.05, 0) is 23.8 Å². The minimum atomic E-state index is 0.118. The van der Waals surface area contributed by atoms with Crippen LogP contribution in [-0.2, 0) is 11.3 Å². The van der Waals surface area contributed by atoms with Crippen LogP contribution >= 0.6 is 0 Å². The molecular formula is C23H33N5O4. The maximum Gasteiger partial charge on any atom is 0.213 e. The van der Waals surface area contributed by atoms with Gasteiger partial charge in [-0.2, -0.15) is 0 Å². The molecule has 9 nitrogen and oxygen atoms in total. The molecule has 174 valence electrons. The van der Waals surface area contributed by atoms with E-state index in [2.05, 4.69) is 31.6 Å². The molecule has 32 heavy (non-hydrogen) atoms. The van der Waals surface area contributed by atoms with Gasteiger partial charge in [-0.25, -0.2) is 4.98 Å². The number of morpholine rings is 1. The summed E-state index contributed by atoms with van der Waals surface area (Å²) in [7, 11) is 6.67. The van der Waals surface area contributed by atoms with E-state index >= 15 is 0 Å². The maximum absolute atomic E-state index is 5.56. The highest BCUT2D eigenvalue weighted by Gasteiger charge is 2.24. The van der Waals surface area contributed by atoms with Gasteiger partial charge in [-0.3, -0.25) is 9.89 Å². The minimum Gasteiger partial charge on any atom is -0.493 e. The number of ether oxygens (including phenoxy) is 4. The molecule has 1 aliphatic heterocycles. The number of rotatable bonds is 9. The van der Waals surface area contributed by atoms with Crippen molar-refractivity contribution in [1.82, 2.24) is 20.5 Å². The number of nitrogens with zero attached hydrogens (tertiary/aromatic N) is 3. The third-order valence-electron chi connectivity index (χ3n) is 5.39. The topological polar surface area (TPSA) is 89.5 Å². The molecular weight excluding hydrogens is 410 g/mol. The minimum absolute atomic E-state index is 0.118. The molecule has 1 saturated heterocycles. The summed E-state index contributed by atoms with van der Waals surface area (Å²) in [6.07, 6.45) is 0. The lowest BCUT2D eigenvalue weighted by atomic mass is 10.0. The second kappa shape index (κ2) is 12.1. The molecule has 1 atom stereocenters. The molecule has 2 aromatic rings. The smallest absolute Gasteiger partial charge is 0.213 e. The summed E-state index contributed by atoms with van der Waals surface area (Å²) in [5, 5.41) is 6.78. The lowest BCUT2D eigenvalue weighted by molar-refractivity contribution is 0.0169. The average molecular weight is 444 g/mol. The summed E-state index contributed by atoms with van der Waals surface area (Å²) in [6, 6.07) is 11.9. The number of methoxy groups -OCH3 is 3. The van der Waals surface area contributed by atoms with Crippen LogP contribution in [0.2, 0.25) is 0 Å². The highest BCUT2D eigenvalue weighted by molar-refractivity contribution is 5.79. The monoisotopic (exact) mass is 443 g/mol. The molecule has 0 saturated carbocycles. The molecule has 2 heterocycles. The molecule has 2 N–H and O–H groups in total. The lowest BCUT2D eigenvalue weighted by Gasteiger charge is -2.35. The van der Waals surface area contributed by atoms with Crippen molar-refractivity contribution in [3.05, 3.63) is 47.7 Å². The second-order valence-electron chi connectivity index (χ2n) is 7.26. The summed E-state index contributed by atoms with van der Waals surface area (Å²) in [4.78, 5) is 11.2. The van der Waals surface area contributed by atoms with E-state index < -0.39 is 0 Å². The van der Waals surface area contributed by atoms with Crippen molar-refractivity contribution >= 4 is 5.96 Å². The van der Waals surface area contributed by atoms with Crippen LogP contribution in [0.3, 0.4) is 0 Å². The van der Waals surface area contributed by atoms with Crippen LogP contribution in [0.1, 0.15) is 17.3 Å². The zero-order chi connectivity index (χ0) is 22.8. The predicted octanol–water partition coefficient (Wildman–Crippen LogP) is 1.85. The molecule has 1 fully saturated rings. The van der Waals surface area contributed by atoms with E-state index in [1.165, 1.54) is 0 Å². The van der Waals surface area contributed by atoms with Crippen molar-refractivity contribution in [3.63, 3.8) is 0 Å². The maximum atomic E-state index is 5.56. The third-order valence-corrected chi connectivity index (χ3v) is 5.39. The van der Waals surface area contributed by atoms with Gasteiger partial charge in [-0.1, -0.05) is 12.1 Å². The number of hydrogen-bond acceptors (Lipinski definition) is 7. The number of pyridine rings is 1. The fraction of sp³-hybridized carbons (Fsp3) is 0.478. The van der Waals surface area contributed by atoms with Crippen LogP contribution in [0.15, 0.2) is 41.4 Å². The average Bonchev–Trinajstić information content (AvgIpc) is 2.86. The van der Waals surface area contributed by atoms with Crippen molar-refractivity contribution in [3.8, 4) is 17.4 Å². The Morgan fingerprint density at radius 3 is 2.53 bits per heavy atom. The number of hydrogen-bond donors (Lipinski definition) is 2. The number of nitrogens with one attached hydrogen (secondary N) is 2. The van der Waals surface area contributed by atoms with Crippen LogP contribution < -0.4 is 24.8 Å². The standard InChI is InChI=1S/C23H33N5O4/c1-24-23(25-15-18-6-5-7-22(27-18)31-4)26-16-19(28-10-12-32-13-11-28)17-8-9-20(29-2)21(14-17)30-3/h5-9,14,19H,10-13,15-16H2,1-4H3,(H2,24,25,26). The van der Waals surface area contributed by atoms with Crippen molar-refractivity contribution in [1.29, 1.82) is 0 Å². The fourth-order valence-corrected chi connectivity index (χ4v) is 3.66. The Kier molecular flexibility index (Phi) is 8.94. The summed E-state index contributed by atoms with van der Waals surface area (Å²) in [6.45, 7) is 4.37. The summed E-state index contributed by atoms with van der Waals surface area (Å²) < 4.78 is 21.7. The first-order valence-electron chi connectivity index (χ1n) is 10.7.